The van der Waals surface area contributed by atoms with Gasteiger partial charge < -0.3 is 28.1 Å². The minimum Gasteiger partial charge on any atom is -0.519 e. The fourth-order valence-electron chi connectivity index (χ4n) is 16.5. The molecule has 0 aromatic rings. The molecule has 6 aliphatic carbocycles. The Hall–Kier alpha value is -4.49. The van der Waals surface area contributed by atoms with Crippen LogP contribution in [0.4, 0.5) is 0 Å². The van der Waals surface area contributed by atoms with Crippen molar-refractivity contribution in [2.24, 2.45) is 85.8 Å². The van der Waals surface area contributed by atoms with E-state index in [0.29, 0.717) is 11.3 Å². The van der Waals surface area contributed by atoms with Gasteiger partial charge in [-0.3, -0.25) is 28.8 Å². The van der Waals surface area contributed by atoms with E-state index in [0.717, 1.165) is 47.7 Å². The van der Waals surface area contributed by atoms with Gasteiger partial charge in [0.15, 0.2) is 16.8 Å². The Morgan fingerprint density at radius 3 is 1.57 bits per heavy atom. The van der Waals surface area contributed by atoms with Gasteiger partial charge in [-0.1, -0.05) is 133 Å². The average molecular weight is 1230 g/mol. The predicted octanol–water partition coefficient (Wildman–Crippen LogP) is 13.9. The molecule has 6 fully saturated rings. The van der Waals surface area contributed by atoms with E-state index in [1.54, 1.807) is 13.8 Å². The van der Waals surface area contributed by atoms with Crippen LogP contribution in [0.1, 0.15) is 149 Å². The van der Waals surface area contributed by atoms with Crippen molar-refractivity contribution in [1.82, 2.24) is 0 Å². The number of fused-ring (bicyclic) bond motifs is 3. The largest absolute Gasteiger partial charge is 0.519 e. The second-order valence-electron chi connectivity index (χ2n) is 28.4. The number of hydrogen-bond acceptors (Lipinski definition) is 12. The molecule has 12 nitrogen and oxygen atoms in total. The molecule has 13 aliphatic rings. The standard InChI is InChI=1S/C26H38O5Si.C20H24O4.C18H23IO3.C2H6/c1-11-25(7)14-12-19-24(5,6)18-16-17(13-15-29-8)26(19,30-21(18)27)20(25)22(28)31-32(9,10)23(2,3)4;1-6-19(5)8-7-14-18(3,4)13-10-12-9-11(2)23-17(22)15(19)20(12,14)24-16(13)21;1-6-17(5)8-7-12-16(3,4)11-9-13(19)18(12,22-15(11)21)14(17)10(2)20;1-2/h11,16,18-20H,1,12,14H2,2-10H3;6,9-10,13-15H,1,7-8H2,2-5H3;6,9,11-12,14H,1,7-8H2,2-5H3;1-2H3/t18-,19+,20+,25?,26-;13-,14+,15+,19?,20-;11-,12+,14+,17?,18+;/m111./s1. The molecule has 3 unspecified atom stereocenters. The van der Waals surface area contributed by atoms with Crippen LogP contribution in [0.15, 0.2) is 82.8 Å². The van der Waals surface area contributed by atoms with Gasteiger partial charge in [-0.2, -0.15) is 0 Å². The molecule has 14 heteroatoms. The van der Waals surface area contributed by atoms with E-state index in [-0.39, 0.29) is 97.8 Å². The summed E-state index contributed by atoms with van der Waals surface area (Å²) < 4.78 is 36.3. The first kappa shape index (κ1) is 63.1. The van der Waals surface area contributed by atoms with Crippen LogP contribution in [-0.4, -0.2) is 67.9 Å². The van der Waals surface area contributed by atoms with E-state index in [4.69, 9.17) is 28.1 Å². The molecular weight excluding hydrogens is 1140 g/mol. The molecule has 13 rings (SSSR count). The van der Waals surface area contributed by atoms with Gasteiger partial charge in [0.2, 0.25) is 0 Å². The fraction of sp³-hybridized carbons (Fsp3) is 0.667. The van der Waals surface area contributed by atoms with E-state index in [1.807, 2.05) is 70.2 Å². The van der Waals surface area contributed by atoms with E-state index < -0.39 is 53.7 Å². The lowest BCUT2D eigenvalue weighted by Crippen LogP contribution is -2.71. The van der Waals surface area contributed by atoms with Gasteiger partial charge in [0.1, 0.15) is 29.5 Å². The van der Waals surface area contributed by atoms with Crippen LogP contribution in [0.3, 0.4) is 0 Å². The fourth-order valence-corrected chi connectivity index (χ4v) is 18.6. The summed E-state index contributed by atoms with van der Waals surface area (Å²) in [6, 6.07) is 0. The third-order valence-electron chi connectivity index (χ3n) is 22.0. The Kier molecular flexibility index (Phi) is 16.3. The van der Waals surface area contributed by atoms with E-state index >= 15 is 0 Å². The lowest BCUT2D eigenvalue weighted by Gasteiger charge is -2.64. The van der Waals surface area contributed by atoms with Gasteiger partial charge in [-0.05, 0) is 132 Å². The first-order chi connectivity index (χ1) is 36.9. The molecule has 0 N–H and O–H groups in total. The summed E-state index contributed by atoms with van der Waals surface area (Å²) in [5, 5.41) is -0.145. The molecule has 3 spiro atoms. The van der Waals surface area contributed by atoms with Crippen LogP contribution in [0.2, 0.25) is 18.1 Å². The van der Waals surface area contributed by atoms with Crippen molar-refractivity contribution >= 4 is 66.5 Å². The van der Waals surface area contributed by atoms with Crippen LogP contribution in [0.25, 0.3) is 0 Å². The highest BCUT2D eigenvalue weighted by Gasteiger charge is 2.75. The van der Waals surface area contributed by atoms with Gasteiger partial charge in [-0.25, -0.2) is 0 Å². The number of ether oxygens (including phenoxy) is 5. The molecule has 3 saturated carbocycles. The molecular formula is C66H91IO12Si. The van der Waals surface area contributed by atoms with Gasteiger partial charge in [-0.15, -0.1) is 19.7 Å². The molecule has 6 bridgehead atoms. The average Bonchev–Trinajstić information content (AvgIpc) is 3.67. The number of ketones is 1. The second kappa shape index (κ2) is 20.7. The molecule has 0 amide bonds. The number of esters is 4. The smallest absolute Gasteiger partial charge is 0.319 e. The summed E-state index contributed by atoms with van der Waals surface area (Å²) in [4.78, 5) is 78.1. The number of hydrogen-bond donors (Lipinski definition) is 0. The maximum absolute atomic E-state index is 14.1. The quantitative estimate of drug-likeness (QED) is 0.0620. The molecule has 3 saturated heterocycles. The number of methoxy groups -OCH3 is 1. The van der Waals surface area contributed by atoms with Gasteiger partial charge in [0.25, 0.3) is 8.32 Å². The van der Waals surface area contributed by atoms with Crippen molar-refractivity contribution in [1.29, 1.82) is 0 Å². The number of halogens is 1. The third-order valence-corrected chi connectivity index (χ3v) is 27.5. The molecule has 80 heavy (non-hydrogen) atoms. The van der Waals surface area contributed by atoms with Crippen molar-refractivity contribution in [3.8, 4) is 12.0 Å². The zero-order chi connectivity index (χ0) is 60.3. The van der Waals surface area contributed by atoms with Crippen molar-refractivity contribution in [3.63, 3.8) is 0 Å². The molecule has 0 aromatic carbocycles. The first-order valence-corrected chi connectivity index (χ1v) is 32.9. The minimum absolute atomic E-state index is 0.0613. The van der Waals surface area contributed by atoms with Gasteiger partial charge >= 0.3 is 29.8 Å². The zero-order valence-electron chi connectivity index (χ0n) is 51.4. The van der Waals surface area contributed by atoms with Crippen LogP contribution in [-0.2, 0) is 56.9 Å². The highest BCUT2D eigenvalue weighted by molar-refractivity contribution is 14.1. The van der Waals surface area contributed by atoms with Crippen LogP contribution >= 0.6 is 22.6 Å². The Morgan fingerprint density at radius 1 is 0.675 bits per heavy atom. The molecule has 0 aromatic heterocycles. The number of cyclic esters (lactones) is 1. The number of rotatable bonds is 6. The summed E-state index contributed by atoms with van der Waals surface area (Å²) in [6.45, 7) is 48.7. The normalized spacial score (nSPS) is 40.4. The third kappa shape index (κ3) is 8.97. The molecule has 15 atom stereocenters. The van der Waals surface area contributed by atoms with E-state index in [1.165, 1.54) is 7.11 Å². The van der Waals surface area contributed by atoms with Gasteiger partial charge in [0.05, 0.1) is 30.8 Å². The van der Waals surface area contributed by atoms with Crippen molar-refractivity contribution in [2.45, 2.75) is 184 Å². The molecule has 7 aliphatic heterocycles. The van der Waals surface area contributed by atoms with Crippen molar-refractivity contribution in [3.05, 3.63) is 82.8 Å². The minimum atomic E-state index is -2.42. The Bertz CT molecular complexity index is 2860. The maximum atomic E-state index is 14.1. The number of allylic oxidation sites excluding steroid dienone is 4. The number of carbonyl (C=O) groups is 6. The van der Waals surface area contributed by atoms with Crippen molar-refractivity contribution < 1.29 is 56.9 Å². The Balaban J connectivity index is 0.000000174. The zero-order valence-corrected chi connectivity index (χ0v) is 54.5. The van der Waals surface area contributed by atoms with Crippen molar-refractivity contribution in [2.75, 3.05) is 7.11 Å². The number of carbonyl (C=O) groups excluding carboxylic acids is 6. The van der Waals surface area contributed by atoms with E-state index in [9.17, 15) is 28.8 Å². The summed E-state index contributed by atoms with van der Waals surface area (Å²) in [6.07, 6.45) is 21.2. The SMILES string of the molecule is C=CC1(C)CC[C@H]2C(C)(C)[C@@H]3C=C(C#COC)[C@]2(OC3=O)[C@H]1C(=O)O[Si](C)(C)C(C)(C)C.C=CC1(C)CC[C@H]2C(C)(C)[C@@H]3C=C(I)[C@]2(OC3=O)[C@H]1C(C)=O.C=CC1(C)CC[C@H]2C(C)(C)[C@@H]3C=C4C=C(C)OC(=O)[C@@H]1[C@@]42OC3=O.CC. The summed E-state index contributed by atoms with van der Waals surface area (Å²) in [5.41, 5.74) is -3.56. The molecule has 7 heterocycles. The number of Topliss-reactive ketones (excluding diaryl/α,β-unsaturated/α-hetero) is 1. The highest BCUT2D eigenvalue weighted by Crippen LogP contribution is 2.70. The van der Waals surface area contributed by atoms with Crippen LogP contribution < -0.4 is 0 Å². The maximum Gasteiger partial charge on any atom is 0.319 e. The first-order valence-electron chi connectivity index (χ1n) is 28.9. The lowest BCUT2D eigenvalue weighted by atomic mass is 9.44. The topological polar surface area (TPSA) is 158 Å². The summed E-state index contributed by atoms with van der Waals surface area (Å²) in [5.74, 6) is 0.0576. The van der Waals surface area contributed by atoms with Crippen LogP contribution in [0, 0.1) is 97.8 Å². The van der Waals surface area contributed by atoms with Crippen LogP contribution in [0.5, 0.6) is 0 Å². The Morgan fingerprint density at radius 2 is 1.10 bits per heavy atom. The lowest BCUT2D eigenvalue weighted by molar-refractivity contribution is -0.234. The second-order valence-corrected chi connectivity index (χ2v) is 34.2. The predicted molar refractivity (Wildman–Crippen MR) is 320 cm³/mol. The summed E-state index contributed by atoms with van der Waals surface area (Å²) in [7, 11) is -0.924. The Labute approximate surface area is 492 Å². The molecule has 438 valence electrons. The molecule has 0 radical (unpaired) electrons. The van der Waals surface area contributed by atoms with E-state index in [2.05, 4.69) is 137 Å². The summed E-state index contributed by atoms with van der Waals surface area (Å²) >= 11 is 2.28. The highest BCUT2D eigenvalue weighted by atomic mass is 127. The van der Waals surface area contributed by atoms with Gasteiger partial charge in [0, 0.05) is 37.7 Å². The monoisotopic (exact) mass is 1230 g/mol.